The van der Waals surface area contributed by atoms with Crippen molar-refractivity contribution in [1.82, 2.24) is 0 Å². The number of rotatable bonds is 9. The summed E-state index contributed by atoms with van der Waals surface area (Å²) in [5, 5.41) is 11.3. The average Bonchev–Trinajstić information content (AvgIpc) is 2.86. The van der Waals surface area contributed by atoms with Crippen molar-refractivity contribution in [3.05, 3.63) is 125 Å². The van der Waals surface area contributed by atoms with E-state index in [2.05, 4.69) is 6.92 Å². The van der Waals surface area contributed by atoms with Crippen molar-refractivity contribution in [2.75, 3.05) is 0 Å². The Morgan fingerprint density at radius 3 is 2.18 bits per heavy atom. The number of cyclic esters (lactones) is 1. The van der Waals surface area contributed by atoms with Crippen LogP contribution in [0.25, 0.3) is 6.08 Å². The summed E-state index contributed by atoms with van der Waals surface area (Å²) >= 11 is 0. The van der Waals surface area contributed by atoms with E-state index >= 15 is 0 Å². The highest BCUT2D eigenvalue weighted by molar-refractivity contribution is 5.93. The van der Waals surface area contributed by atoms with Crippen LogP contribution in [0.15, 0.2) is 108 Å². The molecule has 0 aromatic heterocycles. The molecule has 0 bridgehead atoms. The van der Waals surface area contributed by atoms with Crippen LogP contribution in [0.3, 0.4) is 0 Å². The molecule has 0 saturated carbocycles. The minimum Gasteiger partial charge on any atom is -0.512 e. The lowest BCUT2D eigenvalue weighted by molar-refractivity contribution is -0.160. The first-order valence-electron chi connectivity index (χ1n) is 12.1. The summed E-state index contributed by atoms with van der Waals surface area (Å²) in [7, 11) is 0. The first-order valence-corrected chi connectivity index (χ1v) is 12.1. The van der Waals surface area contributed by atoms with Crippen molar-refractivity contribution in [2.45, 2.75) is 50.5 Å². The third-order valence-corrected chi connectivity index (χ3v) is 6.44. The quantitative estimate of drug-likeness (QED) is 0.344. The molecule has 1 aliphatic rings. The number of carbonyl (C=O) groups excluding carboxylic acids is 1. The lowest BCUT2D eigenvalue weighted by Gasteiger charge is -2.38. The fourth-order valence-electron chi connectivity index (χ4n) is 4.71. The second-order valence-corrected chi connectivity index (χ2v) is 9.03. The number of aliphatic hydroxyl groups is 1. The third-order valence-electron chi connectivity index (χ3n) is 6.44. The van der Waals surface area contributed by atoms with Gasteiger partial charge in [-0.15, -0.1) is 0 Å². The number of esters is 1. The van der Waals surface area contributed by atoms with Crippen LogP contribution in [0.5, 0.6) is 0 Å². The first kappa shape index (κ1) is 23.6. The Morgan fingerprint density at radius 1 is 0.941 bits per heavy atom. The number of allylic oxidation sites excluding steroid dienone is 1. The number of hydrogen-bond donors (Lipinski definition) is 1. The van der Waals surface area contributed by atoms with Gasteiger partial charge in [0.1, 0.15) is 11.4 Å². The molecule has 0 radical (unpaired) electrons. The van der Waals surface area contributed by atoms with Gasteiger partial charge in [-0.2, -0.15) is 0 Å². The Labute approximate surface area is 202 Å². The summed E-state index contributed by atoms with van der Waals surface area (Å²) in [6.45, 7) is 2.13. The zero-order chi connectivity index (χ0) is 23.8. The highest BCUT2D eigenvalue weighted by atomic mass is 16.6. The molecule has 3 heteroatoms. The Hall–Kier alpha value is -3.59. The maximum atomic E-state index is 13.5. The van der Waals surface area contributed by atoms with Gasteiger partial charge in [0.25, 0.3) is 0 Å². The van der Waals surface area contributed by atoms with Gasteiger partial charge in [-0.25, -0.2) is 4.79 Å². The second-order valence-electron chi connectivity index (χ2n) is 9.03. The molecule has 4 rings (SSSR count). The minimum atomic E-state index is -0.730. The predicted molar refractivity (Wildman–Crippen MR) is 137 cm³/mol. The van der Waals surface area contributed by atoms with E-state index in [9.17, 15) is 9.90 Å². The molecule has 1 heterocycles. The monoisotopic (exact) mass is 452 g/mol. The molecule has 0 fully saturated rings. The molecule has 0 aliphatic carbocycles. The van der Waals surface area contributed by atoms with Crippen LogP contribution >= 0.6 is 0 Å². The Bertz CT molecular complexity index is 1130. The number of ether oxygens (including phenoxy) is 1. The van der Waals surface area contributed by atoms with Crippen molar-refractivity contribution in [3.63, 3.8) is 0 Å². The molecule has 1 N–H and O–H groups in total. The van der Waals surface area contributed by atoms with Gasteiger partial charge in [-0.1, -0.05) is 116 Å². The van der Waals surface area contributed by atoms with E-state index in [4.69, 9.17) is 4.74 Å². The molecule has 2 unspecified atom stereocenters. The standard InChI is InChI=1S/C31H32O3/c1-2-3-21-31(22-25-15-9-5-10-16-25)23-28(32)29(30(33)34-31)27(26-17-11-6-12-18-26)20-19-24-13-7-4-8-14-24/h4-20,27,32H,2-3,21-23H2,1H3/b20-19+. The molecule has 174 valence electrons. The summed E-state index contributed by atoms with van der Waals surface area (Å²) in [5.41, 5.74) is 2.68. The number of aliphatic hydroxyl groups excluding tert-OH is 1. The lowest BCUT2D eigenvalue weighted by Crippen LogP contribution is -2.43. The van der Waals surface area contributed by atoms with Gasteiger partial charge in [-0.05, 0) is 29.5 Å². The number of unbranched alkanes of at least 4 members (excludes halogenated alkanes) is 1. The van der Waals surface area contributed by atoms with E-state index < -0.39 is 17.5 Å². The van der Waals surface area contributed by atoms with E-state index in [1.165, 1.54) is 0 Å². The van der Waals surface area contributed by atoms with Crippen LogP contribution in [0, 0.1) is 0 Å². The van der Waals surface area contributed by atoms with Crippen LogP contribution in [-0.2, 0) is 16.0 Å². The highest BCUT2D eigenvalue weighted by Crippen LogP contribution is 2.41. The molecule has 0 spiro atoms. The predicted octanol–water partition coefficient (Wildman–Crippen LogP) is 7.41. The number of carbonyl (C=O) groups is 1. The van der Waals surface area contributed by atoms with Crippen molar-refractivity contribution < 1.29 is 14.6 Å². The van der Waals surface area contributed by atoms with Gasteiger partial charge < -0.3 is 9.84 Å². The molecule has 3 aromatic rings. The van der Waals surface area contributed by atoms with E-state index in [1.54, 1.807) is 0 Å². The topological polar surface area (TPSA) is 46.5 Å². The van der Waals surface area contributed by atoms with E-state index in [-0.39, 0.29) is 5.76 Å². The van der Waals surface area contributed by atoms with Crippen molar-refractivity contribution >= 4 is 12.0 Å². The summed E-state index contributed by atoms with van der Waals surface area (Å²) in [6, 6.07) is 29.8. The SMILES string of the molecule is CCCCC1(Cc2ccccc2)CC(O)=C(C(/C=C/c2ccccc2)c2ccccc2)C(=O)O1. The van der Waals surface area contributed by atoms with Crippen LogP contribution < -0.4 is 0 Å². The zero-order valence-corrected chi connectivity index (χ0v) is 19.7. The minimum absolute atomic E-state index is 0.134. The average molecular weight is 453 g/mol. The van der Waals surface area contributed by atoms with Gasteiger partial charge in [0.2, 0.25) is 0 Å². The summed E-state index contributed by atoms with van der Waals surface area (Å²) in [6.07, 6.45) is 7.54. The molecule has 2 atom stereocenters. The summed E-state index contributed by atoms with van der Waals surface area (Å²) in [4.78, 5) is 13.5. The largest absolute Gasteiger partial charge is 0.512 e. The third kappa shape index (κ3) is 5.66. The zero-order valence-electron chi connectivity index (χ0n) is 19.7. The second kappa shape index (κ2) is 11.0. The van der Waals surface area contributed by atoms with E-state index in [1.807, 2.05) is 103 Å². The molecule has 3 nitrogen and oxygen atoms in total. The fraction of sp³-hybridized carbons (Fsp3) is 0.258. The lowest BCUT2D eigenvalue weighted by atomic mass is 9.80. The van der Waals surface area contributed by atoms with Gasteiger partial charge in [-0.3, -0.25) is 0 Å². The molecular weight excluding hydrogens is 420 g/mol. The van der Waals surface area contributed by atoms with E-state index in [0.29, 0.717) is 18.4 Å². The van der Waals surface area contributed by atoms with Gasteiger partial charge in [0.05, 0.1) is 5.57 Å². The highest BCUT2D eigenvalue weighted by Gasteiger charge is 2.43. The van der Waals surface area contributed by atoms with Gasteiger partial charge in [0, 0.05) is 18.8 Å². The van der Waals surface area contributed by atoms with Crippen LogP contribution in [0.4, 0.5) is 0 Å². The van der Waals surface area contributed by atoms with Crippen LogP contribution in [-0.4, -0.2) is 16.7 Å². The van der Waals surface area contributed by atoms with Crippen molar-refractivity contribution in [3.8, 4) is 0 Å². The normalized spacial score (nSPS) is 19.3. The number of hydrogen-bond acceptors (Lipinski definition) is 3. The van der Waals surface area contributed by atoms with Crippen LogP contribution in [0.1, 0.15) is 55.2 Å². The Morgan fingerprint density at radius 2 is 1.56 bits per heavy atom. The molecular formula is C31H32O3. The molecule has 1 aliphatic heterocycles. The maximum absolute atomic E-state index is 13.5. The molecule has 34 heavy (non-hydrogen) atoms. The van der Waals surface area contributed by atoms with Crippen molar-refractivity contribution in [2.24, 2.45) is 0 Å². The Kier molecular flexibility index (Phi) is 7.64. The fourth-order valence-corrected chi connectivity index (χ4v) is 4.71. The van der Waals surface area contributed by atoms with Crippen LogP contribution in [0.2, 0.25) is 0 Å². The molecule has 0 amide bonds. The van der Waals surface area contributed by atoms with Crippen molar-refractivity contribution in [1.29, 1.82) is 0 Å². The smallest absolute Gasteiger partial charge is 0.338 e. The van der Waals surface area contributed by atoms with E-state index in [0.717, 1.165) is 36.0 Å². The Balaban J connectivity index is 1.71. The molecule has 3 aromatic carbocycles. The first-order chi connectivity index (χ1) is 16.6. The van der Waals surface area contributed by atoms with Gasteiger partial charge >= 0.3 is 5.97 Å². The molecule has 0 saturated heterocycles. The summed E-state index contributed by atoms with van der Waals surface area (Å²) < 4.78 is 6.23. The summed E-state index contributed by atoms with van der Waals surface area (Å²) in [5.74, 6) is -0.688. The maximum Gasteiger partial charge on any atom is 0.338 e. The van der Waals surface area contributed by atoms with Gasteiger partial charge in [0.15, 0.2) is 0 Å². The number of benzene rings is 3.